The van der Waals surface area contributed by atoms with Crippen LogP contribution in [-0.2, 0) is 0 Å². The van der Waals surface area contributed by atoms with Gasteiger partial charge in [-0.25, -0.2) is 0 Å². The molecule has 0 heterocycles. The van der Waals surface area contributed by atoms with Crippen LogP contribution in [0, 0.1) is 0 Å². The molecule has 0 saturated carbocycles. The molecule has 0 fully saturated rings. The summed E-state index contributed by atoms with van der Waals surface area (Å²) in [6.07, 6.45) is 1.33. The van der Waals surface area contributed by atoms with Crippen LogP contribution in [0.4, 0.5) is 0 Å². The van der Waals surface area contributed by atoms with Crippen molar-refractivity contribution in [1.82, 2.24) is 0 Å². The predicted octanol–water partition coefficient (Wildman–Crippen LogP) is 1.61. The van der Waals surface area contributed by atoms with E-state index in [0.717, 1.165) is 0 Å². The van der Waals surface area contributed by atoms with E-state index in [0.29, 0.717) is 0 Å². The lowest BCUT2D eigenvalue weighted by Crippen LogP contribution is -2.01. The Morgan fingerprint density at radius 2 is 1.83 bits per heavy atom. The number of rotatable bonds is 1. The number of alkyl halides is 2. The first-order valence-electron chi connectivity index (χ1n) is 1.30. The second-order valence-corrected chi connectivity index (χ2v) is 4.27. The molecule has 0 saturated heterocycles. The van der Waals surface area contributed by atoms with Gasteiger partial charge in [0, 0.05) is 0 Å². The Morgan fingerprint density at radius 1 is 1.67 bits per heavy atom. The van der Waals surface area contributed by atoms with E-state index in [1.54, 1.807) is 0 Å². The minimum absolute atomic E-state index is 1.07. The molecule has 0 bridgehead atoms. The highest BCUT2D eigenvalue weighted by Crippen LogP contribution is 2.21. The average Bonchev–Trinajstić information content (AvgIpc) is 1.35. The van der Waals surface area contributed by atoms with Crippen molar-refractivity contribution >= 4 is 31.9 Å². The molecule has 0 unspecified atom stereocenters. The van der Waals surface area contributed by atoms with Gasteiger partial charge in [0.05, 0.1) is 0 Å². The summed E-state index contributed by atoms with van der Waals surface area (Å²) in [7, 11) is 0. The topological polar surface area (TPSA) is 20.2 Å². The Labute approximate surface area is 53.3 Å². The van der Waals surface area contributed by atoms with Crippen LogP contribution in [0.25, 0.3) is 0 Å². The van der Waals surface area contributed by atoms with Gasteiger partial charge in [-0.2, -0.15) is 0 Å². The van der Waals surface area contributed by atoms with Crippen molar-refractivity contribution in [2.45, 2.75) is 3.42 Å². The lowest BCUT2D eigenvalue weighted by Gasteiger charge is -2.01. The molecule has 36 valence electrons. The minimum Gasteiger partial charge on any atom is -0.366 e. The van der Waals surface area contributed by atoms with Gasteiger partial charge in [0.1, 0.15) is 0 Å². The highest BCUT2D eigenvalue weighted by Gasteiger charge is 2.08. The lowest BCUT2D eigenvalue weighted by molar-refractivity contribution is 0.293. The van der Waals surface area contributed by atoms with Gasteiger partial charge in [0.25, 0.3) is 0 Å². The molecule has 1 N–H and O–H groups in total. The van der Waals surface area contributed by atoms with Crippen molar-refractivity contribution in [2.24, 2.45) is 0 Å². The normalized spacial score (nSPS) is 11.2. The first kappa shape index (κ1) is 6.66. The van der Waals surface area contributed by atoms with E-state index < -0.39 is 3.42 Å². The standard InChI is InChI=1S/C3H4Br2O/c1-2-3(4,5)6/h2,6H,1H2. The van der Waals surface area contributed by atoms with Crippen LogP contribution in [0.5, 0.6) is 0 Å². The van der Waals surface area contributed by atoms with Crippen LogP contribution in [0.1, 0.15) is 0 Å². The van der Waals surface area contributed by atoms with Crippen molar-refractivity contribution in [1.29, 1.82) is 0 Å². The van der Waals surface area contributed by atoms with Gasteiger partial charge in [-0.1, -0.05) is 6.58 Å². The summed E-state index contributed by atoms with van der Waals surface area (Å²) in [4.78, 5) is 0. The molecular formula is C3H4Br2O. The molecule has 6 heavy (non-hydrogen) atoms. The molecular weight excluding hydrogens is 212 g/mol. The van der Waals surface area contributed by atoms with Gasteiger partial charge in [0.15, 0.2) is 3.42 Å². The maximum absolute atomic E-state index is 8.54. The Bertz CT molecular complexity index is 54.3. The lowest BCUT2D eigenvalue weighted by atomic mass is 10.7. The van der Waals surface area contributed by atoms with Crippen molar-refractivity contribution < 1.29 is 5.11 Å². The fourth-order valence-corrected chi connectivity index (χ4v) is 0. The second-order valence-electron chi connectivity index (χ2n) is 0.792. The SMILES string of the molecule is C=CC(O)(Br)Br. The molecule has 0 aliphatic rings. The first-order chi connectivity index (χ1) is 2.56. The van der Waals surface area contributed by atoms with E-state index in [4.69, 9.17) is 5.11 Å². The number of hydrogen-bond donors (Lipinski definition) is 1. The Balaban J connectivity index is 3.45. The molecule has 0 atom stereocenters. The van der Waals surface area contributed by atoms with Crippen LogP contribution in [0.3, 0.4) is 0 Å². The number of hydrogen-bond acceptors (Lipinski definition) is 1. The van der Waals surface area contributed by atoms with Crippen molar-refractivity contribution in [3.63, 3.8) is 0 Å². The number of aliphatic hydroxyl groups is 1. The van der Waals surface area contributed by atoms with Gasteiger partial charge in [-0.3, -0.25) is 0 Å². The third-order valence-corrected chi connectivity index (χ3v) is 0.893. The van der Waals surface area contributed by atoms with E-state index in [1.165, 1.54) is 6.08 Å². The summed E-state index contributed by atoms with van der Waals surface area (Å²) >= 11 is 5.66. The molecule has 0 aromatic carbocycles. The predicted molar refractivity (Wildman–Crippen MR) is 33.0 cm³/mol. The molecule has 0 amide bonds. The monoisotopic (exact) mass is 214 g/mol. The van der Waals surface area contributed by atoms with E-state index in [9.17, 15) is 0 Å². The zero-order valence-electron chi connectivity index (χ0n) is 2.99. The zero-order valence-corrected chi connectivity index (χ0v) is 6.16. The third kappa shape index (κ3) is 4.66. The van der Waals surface area contributed by atoms with Crippen LogP contribution in [0.15, 0.2) is 12.7 Å². The summed E-state index contributed by atoms with van der Waals surface area (Å²) in [6, 6.07) is 0. The molecule has 0 rings (SSSR count). The largest absolute Gasteiger partial charge is 0.366 e. The Morgan fingerprint density at radius 3 is 1.83 bits per heavy atom. The minimum atomic E-state index is -1.07. The maximum Gasteiger partial charge on any atom is 0.193 e. The average molecular weight is 216 g/mol. The van der Waals surface area contributed by atoms with E-state index >= 15 is 0 Å². The summed E-state index contributed by atoms with van der Waals surface area (Å²) in [5.41, 5.74) is 0. The zero-order chi connectivity index (χ0) is 5.21. The Kier molecular flexibility index (Phi) is 2.33. The van der Waals surface area contributed by atoms with E-state index in [1.807, 2.05) is 0 Å². The van der Waals surface area contributed by atoms with Crippen LogP contribution in [-0.4, -0.2) is 8.53 Å². The smallest absolute Gasteiger partial charge is 0.193 e. The molecule has 3 heteroatoms. The maximum atomic E-state index is 8.54. The Hall–Kier alpha value is 0.660. The van der Waals surface area contributed by atoms with Gasteiger partial charge in [0.2, 0.25) is 0 Å². The summed E-state index contributed by atoms with van der Waals surface area (Å²) < 4.78 is -1.07. The van der Waals surface area contributed by atoms with Gasteiger partial charge in [-0.05, 0) is 37.9 Å². The second kappa shape index (κ2) is 2.09. The van der Waals surface area contributed by atoms with Crippen LogP contribution in [0.2, 0.25) is 0 Å². The third-order valence-electron chi connectivity index (χ3n) is 0.246. The molecule has 0 radical (unpaired) electrons. The molecule has 0 aromatic heterocycles. The van der Waals surface area contributed by atoms with Crippen molar-refractivity contribution in [2.75, 3.05) is 0 Å². The molecule has 0 aliphatic carbocycles. The van der Waals surface area contributed by atoms with Crippen LogP contribution >= 0.6 is 31.9 Å². The summed E-state index contributed by atoms with van der Waals surface area (Å²) in [6.45, 7) is 3.29. The van der Waals surface area contributed by atoms with Gasteiger partial charge < -0.3 is 5.11 Å². The van der Waals surface area contributed by atoms with Crippen LogP contribution < -0.4 is 0 Å². The van der Waals surface area contributed by atoms with E-state index in [2.05, 4.69) is 38.4 Å². The van der Waals surface area contributed by atoms with Gasteiger partial charge in [-0.15, -0.1) is 0 Å². The fourth-order valence-electron chi connectivity index (χ4n) is 0. The number of halogens is 2. The van der Waals surface area contributed by atoms with Crippen molar-refractivity contribution in [3.8, 4) is 0 Å². The molecule has 1 nitrogen and oxygen atoms in total. The quantitative estimate of drug-likeness (QED) is 0.521. The first-order valence-corrected chi connectivity index (χ1v) is 2.88. The molecule has 0 aliphatic heterocycles. The van der Waals surface area contributed by atoms with E-state index in [-0.39, 0.29) is 0 Å². The fraction of sp³-hybridized carbons (Fsp3) is 0.333. The molecule has 0 aromatic rings. The van der Waals surface area contributed by atoms with Crippen molar-refractivity contribution in [3.05, 3.63) is 12.7 Å². The highest BCUT2D eigenvalue weighted by molar-refractivity contribution is 9.25. The summed E-state index contributed by atoms with van der Waals surface area (Å²) in [5.74, 6) is 0. The van der Waals surface area contributed by atoms with Gasteiger partial charge >= 0.3 is 0 Å². The highest BCUT2D eigenvalue weighted by atomic mass is 79.9. The summed E-state index contributed by atoms with van der Waals surface area (Å²) in [5, 5.41) is 8.54. The molecule has 0 spiro atoms.